The summed E-state index contributed by atoms with van der Waals surface area (Å²) in [5.74, 6) is 1.30. The van der Waals surface area contributed by atoms with Crippen molar-refractivity contribution in [1.29, 1.82) is 10.5 Å². The Morgan fingerprint density at radius 1 is 0.560 bits per heavy atom. The molecule has 75 heavy (non-hydrogen) atoms. The number of hydrogen-bond donors (Lipinski definition) is 3. The van der Waals surface area contributed by atoms with Gasteiger partial charge in [0.2, 0.25) is 0 Å². The zero-order valence-corrected chi connectivity index (χ0v) is 42.8. The molecule has 4 aliphatic heterocycles. The third-order valence-electron chi connectivity index (χ3n) is 14.7. The molecule has 3 amide bonds. The summed E-state index contributed by atoms with van der Waals surface area (Å²) in [6.07, 6.45) is 11.8. The molecule has 0 spiro atoms. The second kappa shape index (κ2) is 24.9. The van der Waals surface area contributed by atoms with Gasteiger partial charge in [-0.3, -0.25) is 14.4 Å². The van der Waals surface area contributed by atoms with E-state index in [2.05, 4.69) is 37.2 Å². The molecule has 0 radical (unpaired) electrons. The highest BCUT2D eigenvalue weighted by molar-refractivity contribution is 6.07. The van der Waals surface area contributed by atoms with E-state index < -0.39 is 5.97 Å². The first-order valence-corrected chi connectivity index (χ1v) is 25.9. The number of nitrogen functional groups attached to an aromatic ring is 1. The van der Waals surface area contributed by atoms with E-state index >= 15 is 0 Å². The van der Waals surface area contributed by atoms with Crippen LogP contribution in [0.3, 0.4) is 0 Å². The molecule has 384 valence electrons. The van der Waals surface area contributed by atoms with Crippen LogP contribution in [0, 0.1) is 36.5 Å². The van der Waals surface area contributed by atoms with Crippen LogP contribution in [0.1, 0.15) is 138 Å². The van der Waals surface area contributed by atoms with Crippen molar-refractivity contribution in [1.82, 2.24) is 19.8 Å². The number of rotatable bonds is 9. The minimum absolute atomic E-state index is 0.0519. The normalized spacial score (nSPS) is 15.6. The molecular formula is C60H64N10O5. The number of nitrogens with two attached hydrogens (primary N) is 1. The lowest BCUT2D eigenvalue weighted by Gasteiger charge is -2.32. The van der Waals surface area contributed by atoms with Gasteiger partial charge in [-0.25, -0.2) is 14.8 Å². The number of anilines is 4. The molecular weight excluding hydrogens is 941 g/mol. The maximum atomic E-state index is 13.3. The number of aromatic carboxylic acids is 1. The van der Waals surface area contributed by atoms with Crippen LogP contribution >= 0.6 is 0 Å². The number of nitrogens with zero attached hydrogens (tertiary/aromatic N) is 8. The predicted molar refractivity (Wildman–Crippen MR) is 291 cm³/mol. The Bertz CT molecular complexity index is 3030. The third-order valence-corrected chi connectivity index (χ3v) is 14.7. The molecule has 4 N–H and O–H groups in total. The molecule has 10 rings (SSSR count). The topological polar surface area (TPSA) is 213 Å². The summed E-state index contributed by atoms with van der Waals surface area (Å²) < 4.78 is 0. The molecule has 4 fully saturated rings. The molecule has 0 atom stereocenters. The van der Waals surface area contributed by atoms with Crippen molar-refractivity contribution in [3.63, 3.8) is 0 Å². The van der Waals surface area contributed by atoms with Crippen molar-refractivity contribution >= 4 is 46.7 Å². The number of aromatic nitrogens is 2. The Labute approximate surface area is 439 Å². The number of piperidine rings is 2. The first-order valence-electron chi connectivity index (χ1n) is 25.9. The SMILES string of the molecule is Cc1ccc(C(=O)N2CCC(c3ccc(C#N)cc3)CC2)cc1C(=O)Nc1ccc(N2CCCC2)nc1.Cc1ccc(C(=O)N2CCC(c3ccc(C#N)cc3)CC2)cc1C(=O)O.Nc1ccc(N2CCCC2)nc1. The number of amides is 3. The Kier molecular flexibility index (Phi) is 17.5. The number of likely N-dealkylation sites (tertiary alicyclic amines) is 2. The highest BCUT2D eigenvalue weighted by Gasteiger charge is 2.27. The summed E-state index contributed by atoms with van der Waals surface area (Å²) in [6, 6.07) is 37.5. The molecule has 0 saturated carbocycles. The van der Waals surface area contributed by atoms with Gasteiger partial charge in [-0.15, -0.1) is 0 Å². The van der Waals surface area contributed by atoms with Gasteiger partial charge >= 0.3 is 5.97 Å². The van der Waals surface area contributed by atoms with Gasteiger partial charge in [0.05, 0.1) is 52.6 Å². The maximum absolute atomic E-state index is 13.3. The monoisotopic (exact) mass is 1000 g/mol. The van der Waals surface area contributed by atoms with Crippen LogP contribution in [0.25, 0.3) is 0 Å². The highest BCUT2D eigenvalue weighted by atomic mass is 16.4. The number of carbonyl (C=O) groups excluding carboxylic acids is 3. The Balaban J connectivity index is 0.000000169. The van der Waals surface area contributed by atoms with Gasteiger partial charge in [-0.05, 0) is 172 Å². The van der Waals surface area contributed by atoms with Crippen LogP contribution in [0.15, 0.2) is 122 Å². The molecule has 6 aromatic rings. The van der Waals surface area contributed by atoms with E-state index in [0.29, 0.717) is 77.1 Å². The first kappa shape index (κ1) is 52.8. The van der Waals surface area contributed by atoms with Crippen molar-refractivity contribution in [3.05, 3.63) is 177 Å². The van der Waals surface area contributed by atoms with Crippen LogP contribution < -0.4 is 20.9 Å². The van der Waals surface area contributed by atoms with Gasteiger partial charge in [-0.2, -0.15) is 10.5 Å². The number of pyridine rings is 2. The molecule has 0 unspecified atom stereocenters. The van der Waals surface area contributed by atoms with Gasteiger partial charge in [0.25, 0.3) is 17.7 Å². The zero-order chi connectivity index (χ0) is 52.8. The summed E-state index contributed by atoms with van der Waals surface area (Å²) in [6.45, 7) is 10.5. The smallest absolute Gasteiger partial charge is 0.335 e. The molecule has 4 aromatic carbocycles. The number of aryl methyl sites for hydroxylation is 2. The average molecular weight is 1010 g/mol. The van der Waals surface area contributed by atoms with E-state index in [0.717, 1.165) is 74.7 Å². The molecule has 4 saturated heterocycles. The van der Waals surface area contributed by atoms with Gasteiger partial charge in [0, 0.05) is 69.0 Å². The van der Waals surface area contributed by atoms with Crippen molar-refractivity contribution < 1.29 is 24.3 Å². The van der Waals surface area contributed by atoms with E-state index in [1.807, 2.05) is 90.7 Å². The summed E-state index contributed by atoms with van der Waals surface area (Å²) in [5, 5.41) is 30.1. The maximum Gasteiger partial charge on any atom is 0.335 e. The Hall–Kier alpha value is -8.56. The number of benzene rings is 4. The fourth-order valence-corrected chi connectivity index (χ4v) is 10.2. The third kappa shape index (κ3) is 13.5. The summed E-state index contributed by atoms with van der Waals surface area (Å²) in [5.41, 5.74) is 13.7. The van der Waals surface area contributed by atoms with Crippen LogP contribution in [0.4, 0.5) is 23.0 Å². The quantitative estimate of drug-likeness (QED) is 0.123. The fraction of sp³-hybridized carbons (Fsp3) is 0.333. The second-order valence-electron chi connectivity index (χ2n) is 19.7. The highest BCUT2D eigenvalue weighted by Crippen LogP contribution is 2.31. The molecule has 0 bridgehead atoms. The zero-order valence-electron chi connectivity index (χ0n) is 42.8. The lowest BCUT2D eigenvalue weighted by Crippen LogP contribution is -2.38. The minimum Gasteiger partial charge on any atom is -0.478 e. The Morgan fingerprint density at radius 3 is 1.39 bits per heavy atom. The molecule has 2 aromatic heterocycles. The molecule has 4 aliphatic rings. The molecule has 6 heterocycles. The average Bonchev–Trinajstić information content (AvgIpc) is 4.21. The minimum atomic E-state index is -1.02. The van der Waals surface area contributed by atoms with E-state index in [4.69, 9.17) is 16.3 Å². The largest absolute Gasteiger partial charge is 0.478 e. The van der Waals surface area contributed by atoms with Crippen molar-refractivity contribution in [3.8, 4) is 12.1 Å². The number of carbonyl (C=O) groups is 4. The number of nitriles is 2. The number of carboxylic acids is 1. The molecule has 15 nitrogen and oxygen atoms in total. The summed E-state index contributed by atoms with van der Waals surface area (Å²) in [4.78, 5) is 67.3. The predicted octanol–water partition coefficient (Wildman–Crippen LogP) is 9.98. The van der Waals surface area contributed by atoms with Crippen LogP contribution in [0.2, 0.25) is 0 Å². The summed E-state index contributed by atoms with van der Waals surface area (Å²) >= 11 is 0. The van der Waals surface area contributed by atoms with Crippen molar-refractivity contribution in [2.24, 2.45) is 0 Å². The molecule has 15 heteroatoms. The van der Waals surface area contributed by atoms with Crippen molar-refractivity contribution in [2.75, 3.05) is 73.2 Å². The van der Waals surface area contributed by atoms with Crippen LogP contribution in [-0.4, -0.2) is 101 Å². The number of hydrogen-bond acceptors (Lipinski definition) is 11. The van der Waals surface area contributed by atoms with Gasteiger partial charge in [0.1, 0.15) is 11.6 Å². The van der Waals surface area contributed by atoms with E-state index in [1.165, 1.54) is 42.9 Å². The second-order valence-corrected chi connectivity index (χ2v) is 19.7. The van der Waals surface area contributed by atoms with E-state index in [-0.39, 0.29) is 23.3 Å². The lowest BCUT2D eigenvalue weighted by molar-refractivity contribution is 0.0691. The Morgan fingerprint density at radius 2 is 0.987 bits per heavy atom. The van der Waals surface area contributed by atoms with Gasteiger partial charge < -0.3 is 35.8 Å². The number of carboxylic acid groups (broad SMARTS) is 1. The van der Waals surface area contributed by atoms with Crippen LogP contribution in [-0.2, 0) is 0 Å². The van der Waals surface area contributed by atoms with Crippen molar-refractivity contribution in [2.45, 2.75) is 77.0 Å². The fourth-order valence-electron chi connectivity index (χ4n) is 10.2. The number of nitrogens with one attached hydrogen (secondary N) is 1. The van der Waals surface area contributed by atoms with E-state index in [1.54, 1.807) is 48.5 Å². The molecule has 0 aliphatic carbocycles. The first-order chi connectivity index (χ1) is 36.4. The van der Waals surface area contributed by atoms with Gasteiger partial charge in [-0.1, -0.05) is 36.4 Å². The standard InChI is InChI=1S/C30H31N5O2.C21H20N2O3.C9H13N3/c1-21-4-7-25(30(37)35-16-12-24(13-17-35)23-8-5-22(19-31)6-9-23)18-27(21)29(36)33-26-10-11-28(32-20-26)34-14-2-3-15-34;1-14-2-5-18(12-19(14)21(25)26)20(24)23-10-8-17(9-11-23)16-6-3-15(13-22)4-7-16;10-8-3-4-9(11-7-8)12-5-1-2-6-12/h4-11,18,20,24H,2-3,12-17H2,1H3,(H,33,36);2-7,12,17H,8-11H2,1H3,(H,25,26);3-4,7H,1-2,5-6,10H2. The van der Waals surface area contributed by atoms with Crippen LogP contribution in [0.5, 0.6) is 0 Å². The lowest BCUT2D eigenvalue weighted by atomic mass is 9.88. The van der Waals surface area contributed by atoms with Gasteiger partial charge in [0.15, 0.2) is 0 Å². The summed E-state index contributed by atoms with van der Waals surface area (Å²) in [7, 11) is 0. The van der Waals surface area contributed by atoms with E-state index in [9.17, 15) is 24.3 Å².